The summed E-state index contributed by atoms with van der Waals surface area (Å²) in [5.41, 5.74) is 8.69. The van der Waals surface area contributed by atoms with Gasteiger partial charge in [-0.1, -0.05) is 267 Å². The Morgan fingerprint density at radius 3 is 0.870 bits per heavy atom. The van der Waals surface area contributed by atoms with Crippen LogP contribution in [0.4, 0.5) is 0 Å². The van der Waals surface area contributed by atoms with E-state index in [1.165, 1.54) is 103 Å². The predicted octanol–water partition coefficient (Wildman–Crippen LogP) is 24.5. The van der Waals surface area contributed by atoms with Gasteiger partial charge in [0.05, 0.1) is 27.8 Å². The lowest BCUT2D eigenvalue weighted by Crippen LogP contribution is -2.12. The minimum Gasteiger partial charge on any atom is -0.256 e. The number of benzene rings is 12. The molecule has 24 aromatic rings. The van der Waals surface area contributed by atoms with Crippen molar-refractivity contribution in [2.24, 2.45) is 0 Å². The molecule has 434 valence electrons. The fourth-order valence-corrected chi connectivity index (χ4v) is 14.3. The van der Waals surface area contributed by atoms with Gasteiger partial charge < -0.3 is 0 Å². The third-order valence-corrected chi connectivity index (χ3v) is 19.5. The van der Waals surface area contributed by atoms with E-state index < -0.39 is 0 Å². The third kappa shape index (κ3) is 10.8. The van der Waals surface area contributed by atoms with Gasteiger partial charge in [-0.25, -0.2) is 9.97 Å². The average molecular weight is 1170 g/mol. The van der Waals surface area contributed by atoms with Crippen molar-refractivity contribution in [3.63, 3.8) is 0 Å². The van der Waals surface area contributed by atoms with Crippen molar-refractivity contribution in [2.75, 3.05) is 0 Å². The van der Waals surface area contributed by atoms with Gasteiger partial charge in [0.15, 0.2) is 0 Å². The largest absolute Gasteiger partial charge is 0.256 e. The SMILES string of the molecule is c1ccc(-c2cc(C3CCC(c4cc5cc(c4)c4cccc(c4)c4ccc(cc4)c4cccc(c4)c4ccc(cc4)c4ccc(cc4)c4ccc6ccc7ccc(nc7c6n4)c4ccc(cc4)c4ccc(cc4)c4ccc(cc4)c4cccc5c4)CC3)ccn2)cc1. The van der Waals surface area contributed by atoms with Crippen LogP contribution in [0.2, 0.25) is 0 Å². The highest BCUT2D eigenvalue weighted by Crippen LogP contribution is 2.42. The number of nitrogens with zero attached hydrogens (tertiary/aromatic N) is 3. The standard InChI is InChI=1S/C89H63N3/c1-2-7-70(8-3-1)87-57-81(49-50-90-87)68-31-33-69(34-32-68)82-54-83-56-84(55-82)80-14-6-12-78(53-80)67-29-27-66(28-30-67)76-10-4-9-75(51-76)64-23-21-61(22-24-64)63-37-41-72(42-38-63)86-48-46-74-44-43-73-45-47-85(91-88(73)89(74)92-86)71-39-35-62(36-40-71)59-17-15-58(16-18-59)60-19-25-65(26-20-60)77-11-5-13-79(83)52-77/h1-30,35-57,68-69H,31-34H2. The van der Waals surface area contributed by atoms with Gasteiger partial charge in [0.2, 0.25) is 0 Å². The van der Waals surface area contributed by atoms with Gasteiger partial charge in [-0.3, -0.25) is 4.98 Å². The molecule has 12 aromatic heterocycles. The molecule has 0 spiro atoms. The molecule has 0 radical (unpaired) electrons. The third-order valence-electron chi connectivity index (χ3n) is 19.5. The lowest BCUT2D eigenvalue weighted by atomic mass is 9.76. The quantitative estimate of drug-likeness (QED) is 0.166. The van der Waals surface area contributed by atoms with Crippen molar-refractivity contribution < 1.29 is 0 Å². The van der Waals surface area contributed by atoms with Crippen LogP contribution >= 0.6 is 0 Å². The van der Waals surface area contributed by atoms with Crippen molar-refractivity contribution in [1.29, 1.82) is 0 Å². The second-order valence-corrected chi connectivity index (χ2v) is 25.0. The van der Waals surface area contributed by atoms with E-state index in [1.54, 1.807) is 0 Å². The fourth-order valence-electron chi connectivity index (χ4n) is 14.3. The normalized spacial score (nSPS) is 14.1. The van der Waals surface area contributed by atoms with Gasteiger partial charge in [0.1, 0.15) is 0 Å². The first kappa shape index (κ1) is 54.7. The minimum atomic E-state index is 0.452. The number of pyridine rings is 3. The van der Waals surface area contributed by atoms with E-state index in [2.05, 4.69) is 315 Å². The second-order valence-electron chi connectivity index (χ2n) is 25.0. The van der Waals surface area contributed by atoms with Crippen LogP contribution in [0.5, 0.6) is 0 Å². The summed E-state index contributed by atoms with van der Waals surface area (Å²) in [5, 5.41) is 25.8. The molecule has 0 aliphatic heterocycles. The zero-order valence-electron chi connectivity index (χ0n) is 50.9. The molecule has 1 saturated carbocycles. The Bertz CT molecular complexity index is 5860. The number of aromatic nitrogens is 3. The molecular formula is C89H63N3. The molecule has 25 rings (SSSR count). The van der Waals surface area contributed by atoms with Crippen molar-refractivity contribution in [2.45, 2.75) is 37.5 Å². The van der Waals surface area contributed by atoms with Crippen molar-refractivity contribution >= 4 is 141 Å². The molecule has 0 N–H and O–H groups in total. The maximum atomic E-state index is 5.29. The summed E-state index contributed by atoms with van der Waals surface area (Å²) in [6.45, 7) is 0. The van der Waals surface area contributed by atoms with Gasteiger partial charge in [0, 0.05) is 33.3 Å². The van der Waals surface area contributed by atoms with E-state index in [-0.39, 0.29) is 0 Å². The molecular weight excluding hydrogens is 1110 g/mol. The first-order chi connectivity index (χ1) is 45.5. The van der Waals surface area contributed by atoms with Gasteiger partial charge in [-0.2, -0.15) is 0 Å². The highest BCUT2D eigenvalue weighted by atomic mass is 14.8. The van der Waals surface area contributed by atoms with E-state index in [4.69, 9.17) is 15.0 Å². The van der Waals surface area contributed by atoms with Gasteiger partial charge in [-0.05, 0) is 194 Å². The van der Waals surface area contributed by atoms with Crippen LogP contribution in [0.1, 0.15) is 48.6 Å². The molecule has 0 amide bonds. The molecule has 1 aliphatic rings. The van der Waals surface area contributed by atoms with Crippen molar-refractivity contribution in [3.8, 4) is 11.3 Å². The molecule has 24 bridgehead atoms. The first-order valence-electron chi connectivity index (χ1n) is 32.3. The van der Waals surface area contributed by atoms with E-state index in [9.17, 15) is 0 Å². The highest BCUT2D eigenvalue weighted by molar-refractivity contribution is 6.07. The van der Waals surface area contributed by atoms with Crippen LogP contribution < -0.4 is 0 Å². The molecule has 0 unspecified atom stereocenters. The Kier molecular flexibility index (Phi) is 14.0. The van der Waals surface area contributed by atoms with Crippen molar-refractivity contribution in [1.82, 2.24) is 15.0 Å². The molecule has 3 nitrogen and oxygen atoms in total. The lowest BCUT2D eigenvalue weighted by Gasteiger charge is -2.29. The highest BCUT2D eigenvalue weighted by Gasteiger charge is 2.24. The fraction of sp³-hybridized carbons (Fsp3) is 0.0674. The molecule has 92 heavy (non-hydrogen) atoms. The number of rotatable bonds is 3. The monoisotopic (exact) mass is 1170 g/mol. The molecule has 12 heterocycles. The average Bonchev–Trinajstić information content (AvgIpc) is 0.824. The Morgan fingerprint density at radius 1 is 0.207 bits per heavy atom. The van der Waals surface area contributed by atoms with Gasteiger partial charge in [-0.15, -0.1) is 0 Å². The molecule has 1 aliphatic carbocycles. The summed E-state index contributed by atoms with van der Waals surface area (Å²) in [4.78, 5) is 15.4. The van der Waals surface area contributed by atoms with E-state index in [0.29, 0.717) is 11.8 Å². The maximum absolute atomic E-state index is 5.29. The van der Waals surface area contributed by atoms with Crippen LogP contribution in [0.25, 0.3) is 152 Å². The summed E-state index contributed by atoms with van der Waals surface area (Å²) in [5.74, 6) is 0.963. The second kappa shape index (κ2) is 23.5. The minimum absolute atomic E-state index is 0.452. The smallest absolute Gasteiger partial charge is 0.0972 e. The van der Waals surface area contributed by atoms with Crippen LogP contribution in [-0.2, 0) is 0 Å². The number of hydrogen-bond donors (Lipinski definition) is 0. The Morgan fingerprint density at radius 2 is 0.500 bits per heavy atom. The van der Waals surface area contributed by atoms with Crippen LogP contribution in [0.3, 0.4) is 0 Å². The topological polar surface area (TPSA) is 38.7 Å². The summed E-state index contributed by atoms with van der Waals surface area (Å²) in [6.07, 6.45) is 6.56. The van der Waals surface area contributed by atoms with E-state index >= 15 is 0 Å². The Labute approximate surface area is 533 Å². The summed E-state index contributed by atoms with van der Waals surface area (Å²) in [6, 6.07) is 116. The van der Waals surface area contributed by atoms with Gasteiger partial charge >= 0.3 is 0 Å². The van der Waals surface area contributed by atoms with Crippen LogP contribution in [0.15, 0.2) is 322 Å². The number of fused-ring (bicyclic) bond motifs is 2. The Hall–Kier alpha value is -11.4. The zero-order valence-corrected chi connectivity index (χ0v) is 50.9. The maximum Gasteiger partial charge on any atom is 0.0972 e. The molecule has 1 fully saturated rings. The zero-order chi connectivity index (χ0) is 60.9. The summed E-state index contributed by atoms with van der Waals surface area (Å²) < 4.78 is 0. The number of hydrogen-bond acceptors (Lipinski definition) is 3. The van der Waals surface area contributed by atoms with E-state index in [0.717, 1.165) is 85.8 Å². The predicted molar refractivity (Wildman–Crippen MR) is 394 cm³/mol. The van der Waals surface area contributed by atoms with Gasteiger partial charge in [0.25, 0.3) is 0 Å². The molecule has 0 atom stereocenters. The molecule has 12 aromatic carbocycles. The van der Waals surface area contributed by atoms with Crippen LogP contribution in [-0.4, -0.2) is 15.0 Å². The molecule has 0 saturated heterocycles. The van der Waals surface area contributed by atoms with Crippen molar-refractivity contribution in [3.05, 3.63) is 333 Å². The van der Waals surface area contributed by atoms with E-state index in [1.807, 2.05) is 6.20 Å². The summed E-state index contributed by atoms with van der Waals surface area (Å²) in [7, 11) is 0. The first-order valence-corrected chi connectivity index (χ1v) is 32.3. The summed E-state index contributed by atoms with van der Waals surface area (Å²) >= 11 is 0. The Balaban J connectivity index is 0.795. The molecule has 3 heteroatoms. The lowest BCUT2D eigenvalue weighted by molar-refractivity contribution is 0.396. The van der Waals surface area contributed by atoms with Crippen LogP contribution in [0, 0.1) is 0 Å².